The number of methoxy groups -OCH3 is 1. The van der Waals surface area contributed by atoms with E-state index in [9.17, 15) is 9.59 Å². The van der Waals surface area contributed by atoms with Gasteiger partial charge >= 0.3 is 12.0 Å². The summed E-state index contributed by atoms with van der Waals surface area (Å²) in [6.45, 7) is 5.67. The summed E-state index contributed by atoms with van der Waals surface area (Å²) >= 11 is 0. The molecule has 2 N–H and O–H groups in total. The molecule has 180 valence electrons. The molecule has 0 unspecified atom stereocenters. The second-order valence-electron chi connectivity index (χ2n) is 8.88. The Hall–Kier alpha value is -3.32. The topological polar surface area (TPSA) is 83.8 Å². The van der Waals surface area contributed by atoms with Crippen molar-refractivity contribution in [3.63, 3.8) is 0 Å². The zero-order valence-corrected chi connectivity index (χ0v) is 19.9. The van der Waals surface area contributed by atoms with Crippen LogP contribution in [0.15, 0.2) is 53.1 Å². The third-order valence-corrected chi connectivity index (χ3v) is 6.51. The quantitative estimate of drug-likeness (QED) is 0.305. The van der Waals surface area contributed by atoms with Gasteiger partial charge in [0, 0.05) is 22.3 Å². The Morgan fingerprint density at radius 2 is 1.82 bits per heavy atom. The van der Waals surface area contributed by atoms with Crippen LogP contribution in [0.3, 0.4) is 0 Å². The van der Waals surface area contributed by atoms with Crippen LogP contribution in [0.4, 0.5) is 16.2 Å². The number of nitrogens with one attached hydrogen (secondary N) is 2. The number of likely N-dealkylation sites (tertiary alicyclic amines) is 1. The molecule has 0 aliphatic carbocycles. The SMILES string of the molecule is CCCCCN1CCC(c2coc3ccc(NC(=O)Nc4cccc(C(=O)OC)c4)cc23)CC1. The predicted octanol–water partition coefficient (Wildman–Crippen LogP) is 6.23. The van der Waals surface area contributed by atoms with Gasteiger partial charge < -0.3 is 24.7 Å². The largest absolute Gasteiger partial charge is 0.465 e. The maximum Gasteiger partial charge on any atom is 0.337 e. The number of unbranched alkanes of at least 4 members (excludes halogenated alkanes) is 2. The number of esters is 1. The molecule has 1 saturated heterocycles. The van der Waals surface area contributed by atoms with E-state index in [1.807, 2.05) is 24.5 Å². The highest BCUT2D eigenvalue weighted by molar-refractivity contribution is 6.02. The van der Waals surface area contributed by atoms with E-state index >= 15 is 0 Å². The minimum absolute atomic E-state index is 0.376. The molecule has 0 spiro atoms. The smallest absolute Gasteiger partial charge is 0.337 e. The number of hydrogen-bond donors (Lipinski definition) is 2. The fourth-order valence-electron chi connectivity index (χ4n) is 4.63. The van der Waals surface area contributed by atoms with Gasteiger partial charge in [0.15, 0.2) is 0 Å². The van der Waals surface area contributed by atoms with Crippen molar-refractivity contribution in [2.45, 2.75) is 44.9 Å². The van der Waals surface area contributed by atoms with Crippen LogP contribution in [0.1, 0.15) is 60.9 Å². The summed E-state index contributed by atoms with van der Waals surface area (Å²) in [4.78, 5) is 26.9. The van der Waals surface area contributed by atoms with Gasteiger partial charge in [-0.2, -0.15) is 0 Å². The van der Waals surface area contributed by atoms with Crippen LogP contribution in [0.5, 0.6) is 0 Å². The molecular weight excluding hydrogens is 430 g/mol. The van der Waals surface area contributed by atoms with Crippen LogP contribution in [0, 0.1) is 0 Å². The second kappa shape index (κ2) is 11.2. The molecule has 2 aromatic carbocycles. The van der Waals surface area contributed by atoms with Gasteiger partial charge in [0.05, 0.1) is 18.9 Å². The van der Waals surface area contributed by atoms with Gasteiger partial charge in [0.2, 0.25) is 0 Å². The standard InChI is InChI=1S/C27H33N3O4/c1-3-4-5-13-30-14-11-19(12-15-30)24-18-34-25-10-9-22(17-23(24)25)29-27(32)28-21-8-6-7-20(16-21)26(31)33-2/h6-10,16-19H,3-5,11-15H2,1-2H3,(H2,28,29,32). The molecule has 1 aliphatic heterocycles. The number of rotatable bonds is 8. The number of amides is 2. The maximum atomic E-state index is 12.6. The summed E-state index contributed by atoms with van der Waals surface area (Å²) in [5.74, 6) is 0.0163. The van der Waals surface area contributed by atoms with Gasteiger partial charge in [-0.25, -0.2) is 9.59 Å². The van der Waals surface area contributed by atoms with E-state index in [1.165, 1.54) is 38.5 Å². The number of piperidine rings is 1. The minimum atomic E-state index is -0.450. The van der Waals surface area contributed by atoms with Crippen molar-refractivity contribution in [1.82, 2.24) is 4.90 Å². The fourth-order valence-corrected chi connectivity index (χ4v) is 4.63. The van der Waals surface area contributed by atoms with Crippen LogP contribution >= 0.6 is 0 Å². The van der Waals surface area contributed by atoms with E-state index in [0.717, 1.165) is 36.9 Å². The molecule has 4 rings (SSSR count). The fraction of sp³-hybridized carbons (Fsp3) is 0.407. The number of carbonyl (C=O) groups is 2. The van der Waals surface area contributed by atoms with Gasteiger partial charge in [-0.15, -0.1) is 0 Å². The zero-order chi connectivity index (χ0) is 23.9. The molecule has 0 radical (unpaired) electrons. The van der Waals surface area contributed by atoms with E-state index in [4.69, 9.17) is 9.15 Å². The summed E-state index contributed by atoms with van der Waals surface area (Å²) in [7, 11) is 1.33. The lowest BCUT2D eigenvalue weighted by Crippen LogP contribution is -2.33. The molecule has 2 heterocycles. The molecule has 7 nitrogen and oxygen atoms in total. The third-order valence-electron chi connectivity index (χ3n) is 6.51. The average molecular weight is 464 g/mol. The summed E-state index contributed by atoms with van der Waals surface area (Å²) in [5.41, 5.74) is 3.63. The zero-order valence-electron chi connectivity index (χ0n) is 19.9. The van der Waals surface area contributed by atoms with Gasteiger partial charge in [0.25, 0.3) is 0 Å². The number of anilines is 2. The molecule has 0 saturated carbocycles. The first-order chi connectivity index (χ1) is 16.6. The van der Waals surface area contributed by atoms with Crippen LogP contribution < -0.4 is 10.6 Å². The van der Waals surface area contributed by atoms with Crippen LogP contribution in [-0.4, -0.2) is 43.6 Å². The van der Waals surface area contributed by atoms with Crippen molar-refractivity contribution in [2.24, 2.45) is 0 Å². The summed E-state index contributed by atoms with van der Waals surface area (Å²) in [5, 5.41) is 6.70. The molecule has 2 amide bonds. The number of urea groups is 1. The van der Waals surface area contributed by atoms with E-state index in [-0.39, 0.29) is 6.03 Å². The molecule has 1 fully saturated rings. The third kappa shape index (κ3) is 5.78. The normalized spacial score (nSPS) is 14.8. The molecular formula is C27H33N3O4. The summed E-state index contributed by atoms with van der Waals surface area (Å²) in [6.07, 6.45) is 7.95. The molecule has 34 heavy (non-hydrogen) atoms. The lowest BCUT2D eigenvalue weighted by atomic mass is 9.89. The van der Waals surface area contributed by atoms with Crippen molar-refractivity contribution in [1.29, 1.82) is 0 Å². The second-order valence-corrected chi connectivity index (χ2v) is 8.88. The van der Waals surface area contributed by atoms with Gasteiger partial charge in [0.1, 0.15) is 5.58 Å². The molecule has 7 heteroatoms. The Morgan fingerprint density at radius 3 is 2.56 bits per heavy atom. The highest BCUT2D eigenvalue weighted by Gasteiger charge is 2.23. The first kappa shape index (κ1) is 23.8. The number of hydrogen-bond acceptors (Lipinski definition) is 5. The number of fused-ring (bicyclic) bond motifs is 1. The molecule has 1 aliphatic rings. The van der Waals surface area contributed by atoms with Crippen molar-refractivity contribution in [2.75, 3.05) is 37.4 Å². The average Bonchev–Trinajstić information content (AvgIpc) is 3.27. The van der Waals surface area contributed by atoms with Gasteiger partial charge in [-0.05, 0) is 81.2 Å². The van der Waals surface area contributed by atoms with Crippen molar-refractivity contribution in [3.05, 3.63) is 59.9 Å². The first-order valence-corrected chi connectivity index (χ1v) is 12.1. The summed E-state index contributed by atoms with van der Waals surface area (Å²) < 4.78 is 10.6. The van der Waals surface area contributed by atoms with Crippen molar-refractivity contribution >= 4 is 34.3 Å². The molecule has 0 atom stereocenters. The Labute approximate surface area is 200 Å². The predicted molar refractivity (Wildman–Crippen MR) is 135 cm³/mol. The summed E-state index contributed by atoms with van der Waals surface area (Å²) in [6, 6.07) is 12.0. The van der Waals surface area contributed by atoms with Crippen LogP contribution in [-0.2, 0) is 4.74 Å². The van der Waals surface area contributed by atoms with Gasteiger partial charge in [-0.1, -0.05) is 25.8 Å². The van der Waals surface area contributed by atoms with Crippen molar-refractivity contribution in [3.8, 4) is 0 Å². The molecule has 0 bridgehead atoms. The molecule has 3 aromatic rings. The van der Waals surface area contributed by atoms with Crippen molar-refractivity contribution < 1.29 is 18.7 Å². The van der Waals surface area contributed by atoms with Crippen LogP contribution in [0.25, 0.3) is 11.0 Å². The van der Waals surface area contributed by atoms with Crippen LogP contribution in [0.2, 0.25) is 0 Å². The number of furan rings is 1. The van der Waals surface area contributed by atoms with E-state index < -0.39 is 5.97 Å². The monoisotopic (exact) mass is 463 g/mol. The Morgan fingerprint density at radius 1 is 1.06 bits per heavy atom. The van der Waals surface area contributed by atoms with E-state index in [2.05, 4.69) is 22.5 Å². The number of carbonyl (C=O) groups excluding carboxylic acids is 2. The highest BCUT2D eigenvalue weighted by atomic mass is 16.5. The Kier molecular flexibility index (Phi) is 7.85. The first-order valence-electron chi connectivity index (χ1n) is 12.1. The maximum absolute atomic E-state index is 12.6. The lowest BCUT2D eigenvalue weighted by Gasteiger charge is -2.31. The Bertz CT molecular complexity index is 1130. The van der Waals surface area contributed by atoms with E-state index in [0.29, 0.717) is 22.9 Å². The van der Waals surface area contributed by atoms with E-state index in [1.54, 1.807) is 24.3 Å². The highest BCUT2D eigenvalue weighted by Crippen LogP contribution is 2.35. The lowest BCUT2D eigenvalue weighted by molar-refractivity contribution is 0.0600. The number of nitrogens with zero attached hydrogens (tertiary/aromatic N) is 1. The Balaban J connectivity index is 1.40. The van der Waals surface area contributed by atoms with Gasteiger partial charge in [-0.3, -0.25) is 0 Å². The number of benzene rings is 2. The molecule has 1 aromatic heterocycles. The number of ether oxygens (including phenoxy) is 1. The minimum Gasteiger partial charge on any atom is -0.465 e.